The largest absolute Gasteiger partial charge is 0.417 e. The molecule has 0 spiro atoms. The van der Waals surface area contributed by atoms with Gasteiger partial charge in [0.05, 0.1) is 17.3 Å². The zero-order valence-electron chi connectivity index (χ0n) is 14.9. The third-order valence-corrected chi connectivity index (χ3v) is 4.76. The molecule has 0 bridgehead atoms. The summed E-state index contributed by atoms with van der Waals surface area (Å²) in [7, 11) is 0. The van der Waals surface area contributed by atoms with E-state index >= 15 is 0 Å². The van der Waals surface area contributed by atoms with Crippen LogP contribution in [-0.4, -0.2) is 29.0 Å². The number of rotatable bonds is 4. The van der Waals surface area contributed by atoms with E-state index in [1.807, 2.05) is 30.0 Å². The molecular weight excluding hydrogens is 357 g/mol. The molecule has 0 radical (unpaired) electrons. The third kappa shape index (κ3) is 4.75. The van der Waals surface area contributed by atoms with Crippen molar-refractivity contribution in [3.8, 4) is 0 Å². The van der Waals surface area contributed by atoms with Crippen LogP contribution < -0.4 is 10.2 Å². The minimum Gasteiger partial charge on any atom is -0.357 e. The van der Waals surface area contributed by atoms with E-state index in [-0.39, 0.29) is 17.9 Å². The maximum Gasteiger partial charge on any atom is 0.417 e. The second-order valence-corrected chi connectivity index (χ2v) is 6.65. The Labute approximate surface area is 155 Å². The Kier molecular flexibility index (Phi) is 5.62. The van der Waals surface area contributed by atoms with Gasteiger partial charge in [-0.15, -0.1) is 0 Å². The maximum absolute atomic E-state index is 12.6. The zero-order valence-corrected chi connectivity index (χ0v) is 14.9. The molecule has 1 N–H and O–H groups in total. The fourth-order valence-electron chi connectivity index (χ4n) is 3.15. The molecule has 0 aromatic carbocycles. The van der Waals surface area contributed by atoms with Crippen LogP contribution in [0.15, 0.2) is 42.7 Å². The quantitative estimate of drug-likeness (QED) is 0.883. The molecule has 3 heterocycles. The molecule has 8 heteroatoms. The Morgan fingerprint density at radius 2 is 1.93 bits per heavy atom. The number of carbonyl (C=O) groups excluding carboxylic acids is 1. The molecule has 27 heavy (non-hydrogen) atoms. The van der Waals surface area contributed by atoms with E-state index in [4.69, 9.17) is 0 Å². The number of aromatic nitrogens is 2. The number of halogens is 3. The summed E-state index contributed by atoms with van der Waals surface area (Å²) in [5.74, 6) is 0.360. The minimum absolute atomic E-state index is 0.0202. The molecule has 2 aromatic rings. The van der Waals surface area contributed by atoms with E-state index in [1.54, 1.807) is 6.20 Å². The summed E-state index contributed by atoms with van der Waals surface area (Å²) in [4.78, 5) is 22.6. The highest BCUT2D eigenvalue weighted by Crippen LogP contribution is 2.30. The minimum atomic E-state index is -4.39. The normalized spacial score (nSPS) is 16.8. The highest BCUT2D eigenvalue weighted by atomic mass is 19.4. The smallest absolute Gasteiger partial charge is 0.357 e. The molecule has 1 aliphatic rings. The summed E-state index contributed by atoms with van der Waals surface area (Å²) in [6.45, 7) is 3.05. The van der Waals surface area contributed by atoms with Gasteiger partial charge in [0.2, 0.25) is 5.91 Å². The van der Waals surface area contributed by atoms with Gasteiger partial charge in [0, 0.05) is 31.4 Å². The number of nitrogens with one attached hydrogen (secondary N) is 1. The van der Waals surface area contributed by atoms with Crippen molar-refractivity contribution < 1.29 is 18.0 Å². The maximum atomic E-state index is 12.6. The number of pyridine rings is 2. The van der Waals surface area contributed by atoms with Crippen LogP contribution in [0.1, 0.15) is 37.1 Å². The van der Waals surface area contributed by atoms with Gasteiger partial charge in [-0.25, -0.2) is 4.98 Å². The molecule has 144 valence electrons. The zero-order chi connectivity index (χ0) is 19.4. The molecular formula is C19H21F3N4O. The van der Waals surface area contributed by atoms with E-state index in [0.717, 1.165) is 18.0 Å². The Morgan fingerprint density at radius 3 is 2.48 bits per heavy atom. The van der Waals surface area contributed by atoms with Gasteiger partial charge in [-0.05, 0) is 44.0 Å². The predicted octanol–water partition coefficient (Wildman–Crippen LogP) is 3.59. The van der Waals surface area contributed by atoms with Crippen LogP contribution in [0, 0.1) is 5.92 Å². The van der Waals surface area contributed by atoms with Crippen molar-refractivity contribution in [2.24, 2.45) is 5.92 Å². The van der Waals surface area contributed by atoms with Crippen LogP contribution in [0.2, 0.25) is 0 Å². The fourth-order valence-corrected chi connectivity index (χ4v) is 3.15. The van der Waals surface area contributed by atoms with Crippen LogP contribution in [-0.2, 0) is 11.0 Å². The first-order chi connectivity index (χ1) is 12.8. The first-order valence-electron chi connectivity index (χ1n) is 8.84. The predicted molar refractivity (Wildman–Crippen MR) is 95.0 cm³/mol. The molecule has 1 saturated heterocycles. The molecule has 0 aliphatic carbocycles. The topological polar surface area (TPSA) is 58.1 Å². The summed E-state index contributed by atoms with van der Waals surface area (Å²) < 4.78 is 37.9. The lowest BCUT2D eigenvalue weighted by Crippen LogP contribution is -2.41. The Morgan fingerprint density at radius 1 is 1.19 bits per heavy atom. The molecule has 1 aliphatic heterocycles. The van der Waals surface area contributed by atoms with Crippen molar-refractivity contribution in [1.29, 1.82) is 0 Å². The Hall–Kier alpha value is -2.64. The standard InChI is InChI=1S/C19H21F3N4O/c1-13(16-4-2-3-9-23-16)25-18(27)14-7-10-26(11-8-14)17-6-5-15(12-24-17)19(20,21)22/h2-6,9,12-14H,7-8,10-11H2,1H3,(H,25,27)/t13-/m1/s1. The summed E-state index contributed by atoms with van der Waals surface area (Å²) in [6, 6.07) is 7.81. The van der Waals surface area contributed by atoms with Gasteiger partial charge in [0.25, 0.3) is 0 Å². The van der Waals surface area contributed by atoms with Gasteiger partial charge >= 0.3 is 6.18 Å². The number of nitrogens with zero attached hydrogens (tertiary/aromatic N) is 3. The summed E-state index contributed by atoms with van der Waals surface area (Å²) in [5, 5.41) is 2.98. The second kappa shape index (κ2) is 7.94. The monoisotopic (exact) mass is 378 g/mol. The number of piperidine rings is 1. The summed E-state index contributed by atoms with van der Waals surface area (Å²) in [6.07, 6.45) is -0.593. The van der Waals surface area contributed by atoms with E-state index in [9.17, 15) is 18.0 Å². The number of carbonyl (C=O) groups is 1. The number of anilines is 1. The highest BCUT2D eigenvalue weighted by Gasteiger charge is 2.31. The number of amides is 1. The van der Waals surface area contributed by atoms with Crippen molar-refractivity contribution >= 4 is 11.7 Å². The first-order valence-corrected chi connectivity index (χ1v) is 8.84. The van der Waals surface area contributed by atoms with Crippen LogP contribution in [0.25, 0.3) is 0 Å². The molecule has 5 nitrogen and oxygen atoms in total. The van der Waals surface area contributed by atoms with Gasteiger partial charge < -0.3 is 10.2 Å². The average molecular weight is 378 g/mol. The molecule has 1 atom stereocenters. The van der Waals surface area contributed by atoms with E-state index < -0.39 is 11.7 Å². The van der Waals surface area contributed by atoms with Crippen molar-refractivity contribution in [3.63, 3.8) is 0 Å². The molecule has 1 fully saturated rings. The SMILES string of the molecule is C[C@@H](NC(=O)C1CCN(c2ccc(C(F)(F)F)cn2)CC1)c1ccccn1. The second-order valence-electron chi connectivity index (χ2n) is 6.65. The molecule has 0 unspecified atom stereocenters. The molecule has 1 amide bonds. The van der Waals surface area contributed by atoms with Crippen LogP contribution >= 0.6 is 0 Å². The van der Waals surface area contributed by atoms with Crippen molar-refractivity contribution in [2.75, 3.05) is 18.0 Å². The van der Waals surface area contributed by atoms with Gasteiger partial charge in [0.15, 0.2) is 0 Å². The number of alkyl halides is 3. The Balaban J connectivity index is 1.53. The van der Waals surface area contributed by atoms with Crippen LogP contribution in [0.3, 0.4) is 0 Å². The van der Waals surface area contributed by atoms with E-state index in [0.29, 0.717) is 31.7 Å². The van der Waals surface area contributed by atoms with Crippen molar-refractivity contribution in [3.05, 3.63) is 54.0 Å². The lowest BCUT2D eigenvalue weighted by Gasteiger charge is -2.32. The van der Waals surface area contributed by atoms with Gasteiger partial charge in [0.1, 0.15) is 5.82 Å². The van der Waals surface area contributed by atoms with Crippen LogP contribution in [0.5, 0.6) is 0 Å². The third-order valence-electron chi connectivity index (χ3n) is 4.76. The fraction of sp³-hybridized carbons (Fsp3) is 0.421. The van der Waals surface area contributed by atoms with Crippen molar-refractivity contribution in [2.45, 2.75) is 32.0 Å². The summed E-state index contributed by atoms with van der Waals surface area (Å²) >= 11 is 0. The van der Waals surface area contributed by atoms with Crippen LogP contribution in [0.4, 0.5) is 19.0 Å². The van der Waals surface area contributed by atoms with Crippen molar-refractivity contribution in [1.82, 2.24) is 15.3 Å². The number of hydrogen-bond donors (Lipinski definition) is 1. The first kappa shape index (κ1) is 19.1. The molecule has 0 saturated carbocycles. The van der Waals surface area contributed by atoms with E-state index in [2.05, 4.69) is 15.3 Å². The molecule has 3 rings (SSSR count). The summed E-state index contributed by atoms with van der Waals surface area (Å²) in [5.41, 5.74) is 0.0428. The Bertz CT molecular complexity index is 757. The lowest BCUT2D eigenvalue weighted by molar-refractivity contribution is -0.137. The number of hydrogen-bond acceptors (Lipinski definition) is 4. The van der Waals surface area contributed by atoms with E-state index in [1.165, 1.54) is 6.07 Å². The highest BCUT2D eigenvalue weighted by molar-refractivity contribution is 5.79. The molecule has 2 aromatic heterocycles. The average Bonchev–Trinajstić information content (AvgIpc) is 2.68. The lowest BCUT2D eigenvalue weighted by atomic mass is 9.95. The van der Waals surface area contributed by atoms with Gasteiger partial charge in [-0.3, -0.25) is 9.78 Å². The van der Waals surface area contributed by atoms with Gasteiger partial charge in [-0.2, -0.15) is 13.2 Å². The van der Waals surface area contributed by atoms with Gasteiger partial charge in [-0.1, -0.05) is 6.07 Å².